The van der Waals surface area contributed by atoms with E-state index in [2.05, 4.69) is 4.72 Å². The second-order valence-electron chi connectivity index (χ2n) is 3.44. The molecule has 0 aliphatic heterocycles. The summed E-state index contributed by atoms with van der Waals surface area (Å²) in [5, 5.41) is 8.76. The lowest BCUT2D eigenvalue weighted by Gasteiger charge is -2.10. The van der Waals surface area contributed by atoms with Crippen LogP contribution < -0.4 is 4.72 Å². The van der Waals surface area contributed by atoms with Crippen molar-refractivity contribution in [2.24, 2.45) is 0 Å². The molecular formula is C10H12ClNO4S. The van der Waals surface area contributed by atoms with Gasteiger partial charge in [0.05, 0.1) is 17.0 Å². The van der Waals surface area contributed by atoms with Crippen LogP contribution in [0.4, 0.5) is 5.69 Å². The molecule has 0 heterocycles. The second kappa shape index (κ2) is 5.37. The normalized spacial score (nSPS) is 11.2. The number of aryl methyl sites for hydroxylation is 1. The fourth-order valence-electron chi connectivity index (χ4n) is 1.23. The minimum atomic E-state index is -3.47. The van der Waals surface area contributed by atoms with Crippen LogP contribution in [0.25, 0.3) is 0 Å². The number of sulfonamides is 1. The van der Waals surface area contributed by atoms with Crippen molar-refractivity contribution >= 4 is 33.3 Å². The predicted octanol–water partition coefficient (Wildman–Crippen LogP) is 1.67. The van der Waals surface area contributed by atoms with Crippen molar-refractivity contribution < 1.29 is 18.3 Å². The molecule has 0 aliphatic rings. The Morgan fingerprint density at radius 3 is 2.59 bits per heavy atom. The van der Waals surface area contributed by atoms with E-state index in [4.69, 9.17) is 16.7 Å². The van der Waals surface area contributed by atoms with E-state index in [9.17, 15) is 13.2 Å². The maximum Gasteiger partial charge on any atom is 0.335 e. The van der Waals surface area contributed by atoms with Gasteiger partial charge in [-0.25, -0.2) is 13.2 Å². The average Bonchev–Trinajstić information content (AvgIpc) is 2.20. The Kier molecular flexibility index (Phi) is 4.36. The molecule has 1 aromatic rings. The molecule has 0 aliphatic carbocycles. The summed E-state index contributed by atoms with van der Waals surface area (Å²) in [6.45, 7) is 1.63. The van der Waals surface area contributed by atoms with Crippen LogP contribution in [0.15, 0.2) is 18.2 Å². The van der Waals surface area contributed by atoms with E-state index in [1.54, 1.807) is 6.92 Å². The number of carbonyl (C=O) groups is 1. The first kappa shape index (κ1) is 13.8. The highest BCUT2D eigenvalue weighted by molar-refractivity contribution is 7.92. The van der Waals surface area contributed by atoms with Crippen molar-refractivity contribution in [1.82, 2.24) is 0 Å². The third-order valence-electron chi connectivity index (χ3n) is 2.08. The first-order chi connectivity index (χ1) is 7.85. The lowest BCUT2D eigenvalue weighted by Crippen LogP contribution is -2.18. The van der Waals surface area contributed by atoms with E-state index in [-0.39, 0.29) is 17.2 Å². The van der Waals surface area contributed by atoms with Crippen LogP contribution >= 0.6 is 11.6 Å². The molecule has 0 radical (unpaired) electrons. The summed E-state index contributed by atoms with van der Waals surface area (Å²) in [5.74, 6) is -1.24. The van der Waals surface area contributed by atoms with Gasteiger partial charge < -0.3 is 5.11 Å². The quantitative estimate of drug-likeness (QED) is 0.802. The largest absolute Gasteiger partial charge is 0.478 e. The highest BCUT2D eigenvalue weighted by Crippen LogP contribution is 2.18. The van der Waals surface area contributed by atoms with Gasteiger partial charge >= 0.3 is 5.97 Å². The molecule has 1 aromatic carbocycles. The zero-order chi connectivity index (χ0) is 13.1. The van der Waals surface area contributed by atoms with Gasteiger partial charge in [0, 0.05) is 5.88 Å². The number of nitrogens with one attached hydrogen (secondary N) is 1. The van der Waals surface area contributed by atoms with Crippen molar-refractivity contribution in [3.8, 4) is 0 Å². The summed E-state index contributed by atoms with van der Waals surface area (Å²) in [7, 11) is -3.47. The molecule has 2 N–H and O–H groups in total. The Bertz CT molecular complexity index is 527. The van der Waals surface area contributed by atoms with E-state index < -0.39 is 16.0 Å². The van der Waals surface area contributed by atoms with Gasteiger partial charge in [-0.05, 0) is 30.7 Å². The van der Waals surface area contributed by atoms with Gasteiger partial charge in [0.25, 0.3) is 0 Å². The zero-order valence-corrected chi connectivity index (χ0v) is 10.7. The number of aromatic carboxylic acids is 1. The van der Waals surface area contributed by atoms with E-state index in [1.165, 1.54) is 18.2 Å². The van der Waals surface area contributed by atoms with Gasteiger partial charge in [0.2, 0.25) is 10.0 Å². The Morgan fingerprint density at radius 1 is 1.47 bits per heavy atom. The number of rotatable bonds is 5. The number of halogens is 1. The topological polar surface area (TPSA) is 83.5 Å². The maximum atomic E-state index is 11.5. The second-order valence-corrected chi connectivity index (χ2v) is 5.66. The monoisotopic (exact) mass is 277 g/mol. The maximum absolute atomic E-state index is 11.5. The molecule has 7 heteroatoms. The molecule has 0 fully saturated rings. The third-order valence-corrected chi connectivity index (χ3v) is 3.77. The van der Waals surface area contributed by atoms with Gasteiger partial charge in [-0.15, -0.1) is 11.6 Å². The molecule has 1 rings (SSSR count). The Labute approximate surface area is 104 Å². The number of hydrogen-bond acceptors (Lipinski definition) is 3. The number of carboxylic acid groups (broad SMARTS) is 1. The number of benzene rings is 1. The van der Waals surface area contributed by atoms with Crippen molar-refractivity contribution in [2.45, 2.75) is 6.92 Å². The van der Waals surface area contributed by atoms with Crippen molar-refractivity contribution in [1.29, 1.82) is 0 Å². The van der Waals surface area contributed by atoms with Crippen molar-refractivity contribution in [3.05, 3.63) is 29.3 Å². The number of alkyl halides is 1. The minimum Gasteiger partial charge on any atom is -0.478 e. The molecule has 0 saturated heterocycles. The molecule has 0 spiro atoms. The first-order valence-corrected chi connectivity index (χ1v) is 6.95. The fourth-order valence-corrected chi connectivity index (χ4v) is 2.71. The van der Waals surface area contributed by atoms with Gasteiger partial charge in [0.1, 0.15) is 0 Å². The third kappa shape index (κ3) is 3.90. The minimum absolute atomic E-state index is 0.00158. The molecule has 0 bridgehead atoms. The Morgan fingerprint density at radius 2 is 2.12 bits per heavy atom. The van der Waals surface area contributed by atoms with Gasteiger partial charge in [0.15, 0.2) is 0 Å². The lowest BCUT2D eigenvalue weighted by molar-refractivity contribution is 0.0697. The molecule has 5 nitrogen and oxygen atoms in total. The Balaban J connectivity index is 2.98. The smallest absolute Gasteiger partial charge is 0.335 e. The summed E-state index contributed by atoms with van der Waals surface area (Å²) in [6.07, 6.45) is 0. The molecule has 0 aromatic heterocycles. The van der Waals surface area contributed by atoms with Crippen LogP contribution in [0.3, 0.4) is 0 Å². The molecule has 0 atom stereocenters. The lowest BCUT2D eigenvalue weighted by atomic mass is 10.1. The van der Waals surface area contributed by atoms with Crippen LogP contribution in [-0.2, 0) is 10.0 Å². The first-order valence-electron chi connectivity index (χ1n) is 4.76. The van der Waals surface area contributed by atoms with Crippen molar-refractivity contribution in [3.63, 3.8) is 0 Å². The molecule has 0 saturated carbocycles. The average molecular weight is 278 g/mol. The Hall–Kier alpha value is -1.27. The van der Waals surface area contributed by atoms with E-state index in [1.807, 2.05) is 0 Å². The van der Waals surface area contributed by atoms with E-state index in [0.717, 1.165) is 0 Å². The fraction of sp³-hybridized carbons (Fsp3) is 0.300. The standard InChI is InChI=1S/C10H12ClNO4S/c1-7-6-8(10(13)14)2-3-9(7)12-17(15,16)5-4-11/h2-3,6,12H,4-5H2,1H3,(H,13,14). The van der Waals surface area contributed by atoms with Crippen LogP contribution in [0.1, 0.15) is 15.9 Å². The van der Waals surface area contributed by atoms with Crippen LogP contribution in [0.5, 0.6) is 0 Å². The molecule has 17 heavy (non-hydrogen) atoms. The molecule has 0 unspecified atom stereocenters. The van der Waals surface area contributed by atoms with Crippen LogP contribution in [0, 0.1) is 6.92 Å². The highest BCUT2D eigenvalue weighted by atomic mass is 35.5. The number of anilines is 1. The summed E-state index contributed by atoms with van der Waals surface area (Å²) in [6, 6.07) is 4.17. The highest BCUT2D eigenvalue weighted by Gasteiger charge is 2.12. The van der Waals surface area contributed by atoms with Gasteiger partial charge in [-0.2, -0.15) is 0 Å². The number of carboxylic acids is 1. The zero-order valence-electron chi connectivity index (χ0n) is 9.10. The van der Waals surface area contributed by atoms with Gasteiger partial charge in [-0.1, -0.05) is 0 Å². The summed E-state index contributed by atoms with van der Waals surface area (Å²) >= 11 is 5.36. The van der Waals surface area contributed by atoms with E-state index in [0.29, 0.717) is 11.3 Å². The molecule has 0 amide bonds. The molecular weight excluding hydrogens is 266 g/mol. The van der Waals surface area contributed by atoms with E-state index >= 15 is 0 Å². The van der Waals surface area contributed by atoms with Crippen LogP contribution in [0.2, 0.25) is 0 Å². The predicted molar refractivity (Wildman–Crippen MR) is 66.3 cm³/mol. The van der Waals surface area contributed by atoms with Gasteiger partial charge in [-0.3, -0.25) is 4.72 Å². The van der Waals surface area contributed by atoms with Crippen molar-refractivity contribution in [2.75, 3.05) is 16.4 Å². The summed E-state index contributed by atoms with van der Waals surface area (Å²) in [5.41, 5.74) is 1.02. The number of hydrogen-bond donors (Lipinski definition) is 2. The summed E-state index contributed by atoms with van der Waals surface area (Å²) < 4.78 is 25.3. The molecule has 94 valence electrons. The summed E-state index contributed by atoms with van der Waals surface area (Å²) in [4.78, 5) is 10.7. The SMILES string of the molecule is Cc1cc(C(=O)O)ccc1NS(=O)(=O)CCCl. The van der Waals surface area contributed by atoms with Crippen LogP contribution in [-0.4, -0.2) is 31.1 Å².